The lowest BCUT2D eigenvalue weighted by Crippen LogP contribution is -2.36. The molecule has 0 saturated heterocycles. The molecule has 1 aromatic carbocycles. The minimum atomic E-state index is -0.00105. The summed E-state index contributed by atoms with van der Waals surface area (Å²) in [6.45, 7) is 5.81. The van der Waals surface area contributed by atoms with Gasteiger partial charge in [-0.25, -0.2) is 0 Å². The number of hydrogen-bond acceptors (Lipinski definition) is 4. The van der Waals surface area contributed by atoms with Gasteiger partial charge >= 0.3 is 0 Å². The average molecular weight is 279 g/mol. The molecule has 0 aromatic heterocycles. The zero-order chi connectivity index (χ0) is 14.5. The third-order valence-electron chi connectivity index (χ3n) is 3.02. The topological polar surface area (TPSA) is 48.0 Å². The molecule has 0 N–H and O–H groups in total. The first-order valence-corrected chi connectivity index (χ1v) is 6.75. The highest BCUT2D eigenvalue weighted by atomic mass is 16.7. The minimum absolute atomic E-state index is 0.00105. The lowest BCUT2D eigenvalue weighted by atomic mass is 10.1. The van der Waals surface area contributed by atoms with Crippen molar-refractivity contribution in [2.24, 2.45) is 5.92 Å². The normalized spacial score (nSPS) is 12.8. The van der Waals surface area contributed by atoms with E-state index in [1.54, 1.807) is 0 Å². The van der Waals surface area contributed by atoms with Gasteiger partial charge in [0.05, 0.1) is 0 Å². The maximum absolute atomic E-state index is 12.1. The van der Waals surface area contributed by atoms with Crippen LogP contribution in [0, 0.1) is 5.92 Å². The average Bonchev–Trinajstić information content (AvgIpc) is 2.85. The fraction of sp³-hybridized carbons (Fsp3) is 0.533. The van der Waals surface area contributed by atoms with Gasteiger partial charge in [0.25, 0.3) is 0 Å². The molecule has 1 aromatic rings. The Morgan fingerprint density at radius 1 is 1.35 bits per heavy atom. The van der Waals surface area contributed by atoms with Gasteiger partial charge in [0.2, 0.25) is 12.7 Å². The maximum atomic E-state index is 12.1. The van der Waals surface area contributed by atoms with E-state index in [4.69, 9.17) is 14.2 Å². The van der Waals surface area contributed by atoms with Crippen molar-refractivity contribution < 1.29 is 19.0 Å². The number of hydrogen-bond donors (Lipinski definition) is 0. The molecule has 0 fully saturated rings. The lowest BCUT2D eigenvalue weighted by Gasteiger charge is -2.24. The van der Waals surface area contributed by atoms with Crippen molar-refractivity contribution in [3.8, 4) is 11.5 Å². The molecule has 1 heterocycles. The molecule has 0 bridgehead atoms. The van der Waals surface area contributed by atoms with Crippen LogP contribution in [0.5, 0.6) is 11.5 Å². The molecular formula is C15H21NO4. The van der Waals surface area contributed by atoms with Crippen LogP contribution >= 0.6 is 0 Å². The highest BCUT2D eigenvalue weighted by Gasteiger charge is 2.18. The number of carbonyl (C=O) groups is 1. The van der Waals surface area contributed by atoms with E-state index in [-0.39, 0.29) is 19.3 Å². The Morgan fingerprint density at radius 2 is 2.10 bits per heavy atom. The van der Waals surface area contributed by atoms with Crippen LogP contribution < -0.4 is 9.47 Å². The number of nitrogens with zero attached hydrogens (tertiary/aromatic N) is 1. The summed E-state index contributed by atoms with van der Waals surface area (Å²) in [4.78, 5) is 13.9. The highest BCUT2D eigenvalue weighted by molar-refractivity contribution is 5.77. The second-order valence-corrected chi connectivity index (χ2v) is 5.29. The monoisotopic (exact) mass is 279 g/mol. The predicted molar refractivity (Wildman–Crippen MR) is 74.7 cm³/mol. The molecule has 0 radical (unpaired) electrons. The molecule has 0 unspecified atom stereocenters. The van der Waals surface area contributed by atoms with E-state index in [1.807, 2.05) is 23.1 Å². The third-order valence-corrected chi connectivity index (χ3v) is 3.02. The summed E-state index contributed by atoms with van der Waals surface area (Å²) in [6.07, 6.45) is 0. The maximum Gasteiger partial charge on any atom is 0.248 e. The van der Waals surface area contributed by atoms with E-state index in [1.165, 1.54) is 7.11 Å². The summed E-state index contributed by atoms with van der Waals surface area (Å²) in [7, 11) is 1.53. The van der Waals surface area contributed by atoms with E-state index in [0.717, 1.165) is 17.1 Å². The van der Waals surface area contributed by atoms with Crippen LogP contribution in [0.2, 0.25) is 0 Å². The molecule has 5 heteroatoms. The molecule has 1 aliphatic heterocycles. The molecule has 0 spiro atoms. The first kappa shape index (κ1) is 14.7. The number of rotatable bonds is 6. The standard InChI is InChI=1S/C15H21NO4/c1-11(2)7-16(15(17)9-18-3)8-12-4-5-13-14(6-12)20-10-19-13/h4-6,11H,7-10H2,1-3H3. The Hall–Kier alpha value is -1.75. The smallest absolute Gasteiger partial charge is 0.248 e. The lowest BCUT2D eigenvalue weighted by molar-refractivity contribution is -0.136. The molecule has 0 saturated carbocycles. The molecular weight excluding hydrogens is 258 g/mol. The van der Waals surface area contributed by atoms with Crippen LogP contribution in [0.1, 0.15) is 19.4 Å². The van der Waals surface area contributed by atoms with Crippen molar-refractivity contribution in [1.82, 2.24) is 4.90 Å². The Kier molecular flexibility index (Phi) is 4.84. The molecule has 5 nitrogen and oxygen atoms in total. The Balaban J connectivity index is 2.08. The summed E-state index contributed by atoms with van der Waals surface area (Å²) in [5.41, 5.74) is 1.03. The van der Waals surface area contributed by atoms with Crippen LogP contribution in [0.4, 0.5) is 0 Å². The van der Waals surface area contributed by atoms with E-state index < -0.39 is 0 Å². The fourth-order valence-corrected chi connectivity index (χ4v) is 2.17. The van der Waals surface area contributed by atoms with Crippen molar-refractivity contribution in [1.29, 1.82) is 0 Å². The van der Waals surface area contributed by atoms with Crippen LogP contribution in [-0.4, -0.2) is 37.9 Å². The molecule has 0 aliphatic carbocycles. The zero-order valence-electron chi connectivity index (χ0n) is 12.2. The second kappa shape index (κ2) is 6.61. The third kappa shape index (κ3) is 3.63. The van der Waals surface area contributed by atoms with Crippen molar-refractivity contribution in [2.75, 3.05) is 27.1 Å². The summed E-state index contributed by atoms with van der Waals surface area (Å²) in [5, 5.41) is 0. The van der Waals surface area contributed by atoms with Crippen LogP contribution in [0.15, 0.2) is 18.2 Å². The number of ether oxygens (including phenoxy) is 3. The first-order valence-electron chi connectivity index (χ1n) is 6.75. The largest absolute Gasteiger partial charge is 0.454 e. The number of amides is 1. The van der Waals surface area contributed by atoms with Crippen molar-refractivity contribution >= 4 is 5.91 Å². The zero-order valence-corrected chi connectivity index (χ0v) is 12.2. The predicted octanol–water partition coefficient (Wildman–Crippen LogP) is 2.05. The number of benzene rings is 1. The summed E-state index contributed by atoms with van der Waals surface area (Å²) in [6, 6.07) is 5.77. The molecule has 0 atom stereocenters. The molecule has 20 heavy (non-hydrogen) atoms. The van der Waals surface area contributed by atoms with E-state index in [0.29, 0.717) is 19.0 Å². The fourth-order valence-electron chi connectivity index (χ4n) is 2.17. The minimum Gasteiger partial charge on any atom is -0.454 e. The molecule has 2 rings (SSSR count). The van der Waals surface area contributed by atoms with Gasteiger partial charge in [-0.15, -0.1) is 0 Å². The number of fused-ring (bicyclic) bond motifs is 1. The molecule has 1 amide bonds. The van der Waals surface area contributed by atoms with Crippen LogP contribution in [0.3, 0.4) is 0 Å². The van der Waals surface area contributed by atoms with Gasteiger partial charge in [0.1, 0.15) is 6.61 Å². The van der Waals surface area contributed by atoms with Gasteiger partial charge < -0.3 is 19.1 Å². The van der Waals surface area contributed by atoms with Gasteiger partial charge in [-0.1, -0.05) is 19.9 Å². The first-order chi connectivity index (χ1) is 9.60. The van der Waals surface area contributed by atoms with Gasteiger partial charge in [-0.05, 0) is 23.6 Å². The van der Waals surface area contributed by atoms with Crippen LogP contribution in [-0.2, 0) is 16.1 Å². The van der Waals surface area contributed by atoms with Crippen LogP contribution in [0.25, 0.3) is 0 Å². The quantitative estimate of drug-likeness (QED) is 0.799. The van der Waals surface area contributed by atoms with Gasteiger partial charge in [0, 0.05) is 20.2 Å². The number of methoxy groups -OCH3 is 1. The summed E-state index contributed by atoms with van der Waals surface area (Å²) >= 11 is 0. The number of carbonyl (C=O) groups excluding carboxylic acids is 1. The van der Waals surface area contributed by atoms with Gasteiger partial charge in [-0.3, -0.25) is 4.79 Å². The van der Waals surface area contributed by atoms with Gasteiger partial charge in [-0.2, -0.15) is 0 Å². The van der Waals surface area contributed by atoms with E-state index in [9.17, 15) is 4.79 Å². The van der Waals surface area contributed by atoms with E-state index in [2.05, 4.69) is 13.8 Å². The molecule has 1 aliphatic rings. The SMILES string of the molecule is COCC(=O)N(Cc1ccc2c(c1)OCO2)CC(C)C. The van der Waals surface area contributed by atoms with Crippen molar-refractivity contribution in [3.63, 3.8) is 0 Å². The van der Waals surface area contributed by atoms with Gasteiger partial charge in [0.15, 0.2) is 11.5 Å². The second-order valence-electron chi connectivity index (χ2n) is 5.29. The van der Waals surface area contributed by atoms with Crippen molar-refractivity contribution in [3.05, 3.63) is 23.8 Å². The molecule has 110 valence electrons. The summed E-state index contributed by atoms with van der Waals surface area (Å²) in [5.74, 6) is 1.90. The van der Waals surface area contributed by atoms with E-state index >= 15 is 0 Å². The Labute approximate surface area is 119 Å². The van der Waals surface area contributed by atoms with Crippen molar-refractivity contribution in [2.45, 2.75) is 20.4 Å². The Morgan fingerprint density at radius 3 is 2.80 bits per heavy atom. The summed E-state index contributed by atoms with van der Waals surface area (Å²) < 4.78 is 15.6. The Bertz CT molecular complexity index is 473. The highest BCUT2D eigenvalue weighted by Crippen LogP contribution is 2.32.